The Hall–Kier alpha value is -2.33. The summed E-state index contributed by atoms with van der Waals surface area (Å²) in [7, 11) is 1.37. The van der Waals surface area contributed by atoms with E-state index in [1.54, 1.807) is 10.8 Å². The van der Waals surface area contributed by atoms with Crippen LogP contribution in [-0.2, 0) is 11.3 Å². The first-order chi connectivity index (χ1) is 12.4. The van der Waals surface area contributed by atoms with E-state index in [2.05, 4.69) is 36.1 Å². The summed E-state index contributed by atoms with van der Waals surface area (Å²) in [4.78, 5) is 22.3. The maximum atomic E-state index is 12.0. The van der Waals surface area contributed by atoms with Crippen LogP contribution in [0.25, 0.3) is 15.9 Å². The van der Waals surface area contributed by atoms with Crippen molar-refractivity contribution in [2.75, 3.05) is 7.11 Å². The lowest BCUT2D eigenvalue weighted by Crippen LogP contribution is -2.05. The maximum absolute atomic E-state index is 12.0. The molecule has 10 heteroatoms. The molecule has 0 N–H and O–H groups in total. The molecule has 0 atom stereocenters. The molecule has 0 spiro atoms. The molecule has 0 saturated carbocycles. The van der Waals surface area contributed by atoms with Crippen LogP contribution in [0.5, 0.6) is 0 Å². The fraction of sp³-hybridized carbons (Fsp3) is 0.312. The Bertz CT molecular complexity index is 1180. The summed E-state index contributed by atoms with van der Waals surface area (Å²) in [5, 5.41) is 9.83. The first kappa shape index (κ1) is 17.1. The van der Waals surface area contributed by atoms with E-state index in [1.165, 1.54) is 18.4 Å². The molecule has 0 aliphatic heterocycles. The second-order valence-corrected chi connectivity index (χ2v) is 7.70. The fourth-order valence-electron chi connectivity index (χ4n) is 2.90. The monoisotopic (exact) mass is 434 g/mol. The number of aromatic nitrogens is 6. The molecule has 4 aromatic rings. The van der Waals surface area contributed by atoms with E-state index in [-0.39, 0.29) is 5.97 Å². The Morgan fingerprint density at radius 3 is 2.73 bits per heavy atom. The van der Waals surface area contributed by atoms with Crippen molar-refractivity contribution >= 4 is 49.1 Å². The number of thiophene rings is 1. The van der Waals surface area contributed by atoms with Crippen molar-refractivity contribution < 1.29 is 9.53 Å². The van der Waals surface area contributed by atoms with Crippen LogP contribution in [0.15, 0.2) is 10.8 Å². The molecule has 4 heterocycles. The van der Waals surface area contributed by atoms with Crippen molar-refractivity contribution in [1.82, 2.24) is 29.4 Å². The Morgan fingerprint density at radius 1 is 1.31 bits per heavy atom. The number of methoxy groups -OCH3 is 1. The first-order valence-corrected chi connectivity index (χ1v) is 9.42. The summed E-state index contributed by atoms with van der Waals surface area (Å²) in [6.07, 6.45) is 1.61. The van der Waals surface area contributed by atoms with Gasteiger partial charge in [-0.15, -0.1) is 16.4 Å². The van der Waals surface area contributed by atoms with Crippen molar-refractivity contribution in [2.24, 2.45) is 0 Å². The van der Waals surface area contributed by atoms with Gasteiger partial charge in [-0.2, -0.15) is 5.10 Å². The molecule has 0 saturated heterocycles. The van der Waals surface area contributed by atoms with E-state index >= 15 is 0 Å². The quantitative estimate of drug-likeness (QED) is 0.460. The zero-order chi connectivity index (χ0) is 18.6. The van der Waals surface area contributed by atoms with Crippen molar-refractivity contribution in [1.29, 1.82) is 0 Å². The number of nitrogens with zero attached hydrogens (tertiary/aromatic N) is 6. The van der Waals surface area contributed by atoms with Crippen LogP contribution in [-0.4, -0.2) is 42.4 Å². The molecule has 134 valence electrons. The van der Waals surface area contributed by atoms with Gasteiger partial charge < -0.3 is 4.74 Å². The summed E-state index contributed by atoms with van der Waals surface area (Å²) < 4.78 is 9.34. The number of hydrogen-bond acceptors (Lipinski definition) is 7. The highest BCUT2D eigenvalue weighted by Gasteiger charge is 2.21. The zero-order valence-corrected chi connectivity index (χ0v) is 17.0. The van der Waals surface area contributed by atoms with Crippen LogP contribution in [0.3, 0.4) is 0 Å². The average Bonchev–Trinajstić information content (AvgIpc) is 3.25. The molecule has 4 aromatic heterocycles. The van der Waals surface area contributed by atoms with E-state index < -0.39 is 0 Å². The Balaban J connectivity index is 1.84. The van der Waals surface area contributed by atoms with E-state index in [0.717, 1.165) is 31.6 Å². The van der Waals surface area contributed by atoms with Gasteiger partial charge in [-0.25, -0.2) is 19.3 Å². The van der Waals surface area contributed by atoms with Gasteiger partial charge in [-0.3, -0.25) is 4.68 Å². The molecule has 8 nitrogen and oxygen atoms in total. The van der Waals surface area contributed by atoms with Crippen LogP contribution in [0.1, 0.15) is 32.4 Å². The Morgan fingerprint density at radius 2 is 2.08 bits per heavy atom. The van der Waals surface area contributed by atoms with Gasteiger partial charge >= 0.3 is 5.97 Å². The second-order valence-electron chi connectivity index (χ2n) is 5.91. The molecule has 0 aromatic carbocycles. The topological polar surface area (TPSA) is 87.2 Å². The van der Waals surface area contributed by atoms with Crippen LogP contribution < -0.4 is 0 Å². The van der Waals surface area contributed by atoms with Crippen molar-refractivity contribution in [3.8, 4) is 0 Å². The lowest BCUT2D eigenvalue weighted by molar-refractivity contribution is 0.0605. The summed E-state index contributed by atoms with van der Waals surface area (Å²) >= 11 is 4.83. The highest BCUT2D eigenvalue weighted by Crippen LogP contribution is 2.32. The smallest absolute Gasteiger partial charge is 0.348 e. The molecule has 0 unspecified atom stereocenters. The normalized spacial score (nSPS) is 11.6. The lowest BCUT2D eigenvalue weighted by atomic mass is 10.2. The molecule has 26 heavy (non-hydrogen) atoms. The maximum Gasteiger partial charge on any atom is 0.348 e. The van der Waals surface area contributed by atoms with E-state index in [1.807, 2.05) is 25.5 Å². The minimum atomic E-state index is -0.365. The van der Waals surface area contributed by atoms with Gasteiger partial charge in [0, 0.05) is 0 Å². The Kier molecular flexibility index (Phi) is 4.03. The minimum Gasteiger partial charge on any atom is -0.465 e. The van der Waals surface area contributed by atoms with Crippen molar-refractivity contribution in [2.45, 2.75) is 27.3 Å². The molecule has 0 amide bonds. The summed E-state index contributed by atoms with van der Waals surface area (Å²) in [5.41, 5.74) is 3.42. The van der Waals surface area contributed by atoms with Crippen LogP contribution in [0.4, 0.5) is 0 Å². The zero-order valence-electron chi connectivity index (χ0n) is 14.6. The number of fused-ring (bicyclic) bond motifs is 3. The third-order valence-electron chi connectivity index (χ3n) is 4.27. The third-order valence-corrected chi connectivity index (χ3v) is 6.59. The van der Waals surface area contributed by atoms with Gasteiger partial charge in [-0.1, -0.05) is 0 Å². The van der Waals surface area contributed by atoms with Gasteiger partial charge in [0.2, 0.25) is 0 Å². The molecular formula is C16H15BrN6O2S. The Labute approximate surface area is 160 Å². The van der Waals surface area contributed by atoms with Gasteiger partial charge in [0.05, 0.1) is 28.4 Å². The molecule has 0 bridgehead atoms. The summed E-state index contributed by atoms with van der Waals surface area (Å²) in [6, 6.07) is 0. The lowest BCUT2D eigenvalue weighted by Gasteiger charge is -1.99. The predicted octanol–water partition coefficient (Wildman–Crippen LogP) is 3.06. The fourth-order valence-corrected chi connectivity index (χ4v) is 4.24. The summed E-state index contributed by atoms with van der Waals surface area (Å²) in [5.74, 6) is 0.262. The highest BCUT2D eigenvalue weighted by atomic mass is 79.9. The van der Waals surface area contributed by atoms with Gasteiger partial charge in [0.15, 0.2) is 11.5 Å². The predicted molar refractivity (Wildman–Crippen MR) is 101 cm³/mol. The third kappa shape index (κ3) is 2.52. The van der Waals surface area contributed by atoms with E-state index in [0.29, 0.717) is 22.9 Å². The molecule has 0 radical (unpaired) electrons. The van der Waals surface area contributed by atoms with Gasteiger partial charge in [0.25, 0.3) is 0 Å². The SMILES string of the molecule is COC(=O)c1sc2ncn3nc(Cn4nc(C)c(Br)c4C)nc3c2c1C. The summed E-state index contributed by atoms with van der Waals surface area (Å²) in [6.45, 7) is 6.26. The molecule has 0 fully saturated rings. The average molecular weight is 435 g/mol. The number of esters is 1. The molecule has 0 aliphatic rings. The van der Waals surface area contributed by atoms with Gasteiger partial charge in [0.1, 0.15) is 22.6 Å². The number of halogens is 1. The molecule has 0 aliphatic carbocycles. The van der Waals surface area contributed by atoms with E-state index in [4.69, 9.17) is 4.74 Å². The van der Waals surface area contributed by atoms with Crippen LogP contribution >= 0.6 is 27.3 Å². The second kappa shape index (κ2) is 6.13. The standard InChI is InChI=1S/C16H15BrN6O2S/c1-7-11-14-19-10(5-22-9(3)12(17)8(2)20-22)21-23(14)6-18-15(11)26-13(7)16(24)25-4/h6H,5H2,1-4H3. The van der Waals surface area contributed by atoms with Crippen LogP contribution in [0, 0.1) is 20.8 Å². The first-order valence-electron chi connectivity index (χ1n) is 7.82. The number of carbonyl (C=O) groups is 1. The minimum absolute atomic E-state index is 0.365. The largest absolute Gasteiger partial charge is 0.465 e. The number of ether oxygens (including phenoxy) is 1. The van der Waals surface area contributed by atoms with Gasteiger partial charge in [-0.05, 0) is 42.3 Å². The van der Waals surface area contributed by atoms with Crippen molar-refractivity contribution in [3.05, 3.63) is 38.5 Å². The van der Waals surface area contributed by atoms with E-state index in [9.17, 15) is 4.79 Å². The highest BCUT2D eigenvalue weighted by molar-refractivity contribution is 9.10. The van der Waals surface area contributed by atoms with Crippen LogP contribution in [0.2, 0.25) is 0 Å². The molecule has 4 rings (SSSR count). The number of aryl methyl sites for hydroxylation is 2. The number of carbonyl (C=O) groups excluding carboxylic acids is 1. The molecular weight excluding hydrogens is 420 g/mol. The van der Waals surface area contributed by atoms with Crippen molar-refractivity contribution in [3.63, 3.8) is 0 Å². The number of hydrogen-bond donors (Lipinski definition) is 0. The number of rotatable bonds is 3.